The van der Waals surface area contributed by atoms with E-state index in [0.717, 1.165) is 17.6 Å². The minimum Gasteiger partial charge on any atom is -0.343 e. The van der Waals surface area contributed by atoms with Gasteiger partial charge in [-0.2, -0.15) is 0 Å². The zero-order chi connectivity index (χ0) is 23.0. The Kier molecular flexibility index (Phi) is 6.57. The first-order valence-electron chi connectivity index (χ1n) is 13.0. The van der Waals surface area contributed by atoms with E-state index in [0.29, 0.717) is 17.4 Å². The summed E-state index contributed by atoms with van der Waals surface area (Å²) in [6.07, 6.45) is 16.4. The van der Waals surface area contributed by atoms with Crippen LogP contribution in [0.3, 0.4) is 0 Å². The van der Waals surface area contributed by atoms with Crippen molar-refractivity contribution in [3.8, 4) is 0 Å². The SMILES string of the molecule is C=C(C)C1=CN2C(=CC1=C)c1cc(CC)c(CCCCCCC)cc1C1CCC(C)(C)C12. The lowest BCUT2D eigenvalue weighted by atomic mass is 9.74. The zero-order valence-corrected chi connectivity index (χ0v) is 21.2. The molecular formula is C31H43N. The Morgan fingerprint density at radius 2 is 1.84 bits per heavy atom. The molecule has 0 amide bonds. The summed E-state index contributed by atoms with van der Waals surface area (Å²) in [5.74, 6) is 0.607. The molecule has 172 valence electrons. The second-order valence-electron chi connectivity index (χ2n) is 11.1. The highest BCUT2D eigenvalue weighted by Gasteiger charge is 2.50. The van der Waals surface area contributed by atoms with Crippen molar-refractivity contribution in [3.05, 3.63) is 76.5 Å². The molecule has 1 nitrogen and oxygen atoms in total. The van der Waals surface area contributed by atoms with E-state index >= 15 is 0 Å². The van der Waals surface area contributed by atoms with Gasteiger partial charge in [-0.3, -0.25) is 0 Å². The van der Waals surface area contributed by atoms with Gasteiger partial charge in [-0.25, -0.2) is 0 Å². The number of allylic oxidation sites excluding steroid dienone is 4. The number of rotatable bonds is 8. The van der Waals surface area contributed by atoms with Gasteiger partial charge in [-0.05, 0) is 90.0 Å². The summed E-state index contributed by atoms with van der Waals surface area (Å²) >= 11 is 0. The molecule has 2 atom stereocenters. The first-order valence-corrected chi connectivity index (χ1v) is 13.0. The van der Waals surface area contributed by atoms with Crippen LogP contribution >= 0.6 is 0 Å². The lowest BCUT2D eigenvalue weighted by Crippen LogP contribution is -2.45. The molecule has 2 heterocycles. The Morgan fingerprint density at radius 1 is 1.09 bits per heavy atom. The van der Waals surface area contributed by atoms with Crippen molar-refractivity contribution in [2.75, 3.05) is 0 Å². The highest BCUT2D eigenvalue weighted by Crippen LogP contribution is 2.56. The van der Waals surface area contributed by atoms with E-state index < -0.39 is 0 Å². The Hall–Kier alpha value is -2.02. The molecule has 32 heavy (non-hydrogen) atoms. The molecule has 0 spiro atoms. The van der Waals surface area contributed by atoms with Crippen LogP contribution in [0.2, 0.25) is 0 Å². The van der Waals surface area contributed by atoms with E-state index in [9.17, 15) is 0 Å². The molecule has 0 N–H and O–H groups in total. The quantitative estimate of drug-likeness (QED) is 0.373. The molecule has 1 aliphatic carbocycles. The van der Waals surface area contributed by atoms with Crippen molar-refractivity contribution >= 4 is 5.70 Å². The third-order valence-electron chi connectivity index (χ3n) is 8.22. The van der Waals surface area contributed by atoms with Gasteiger partial charge in [0.1, 0.15) is 0 Å². The summed E-state index contributed by atoms with van der Waals surface area (Å²) in [5.41, 5.74) is 11.3. The molecule has 1 heteroatoms. The minimum absolute atomic E-state index is 0.292. The van der Waals surface area contributed by atoms with E-state index in [1.807, 2.05) is 0 Å². The van der Waals surface area contributed by atoms with Gasteiger partial charge in [-0.1, -0.05) is 72.6 Å². The largest absolute Gasteiger partial charge is 0.343 e. The minimum atomic E-state index is 0.292. The number of aryl methyl sites for hydroxylation is 2. The number of hydrogen-bond donors (Lipinski definition) is 0. The molecular weight excluding hydrogens is 386 g/mol. The van der Waals surface area contributed by atoms with Crippen molar-refractivity contribution in [2.24, 2.45) is 5.41 Å². The van der Waals surface area contributed by atoms with E-state index in [2.05, 4.69) is 77.1 Å². The lowest BCUT2D eigenvalue weighted by molar-refractivity contribution is 0.195. The Morgan fingerprint density at radius 3 is 2.53 bits per heavy atom. The predicted molar refractivity (Wildman–Crippen MR) is 140 cm³/mol. The Balaban J connectivity index is 1.76. The summed E-state index contributed by atoms with van der Waals surface area (Å²) in [4.78, 5) is 2.60. The molecule has 1 aromatic rings. The normalized spacial score (nSPS) is 23.3. The predicted octanol–water partition coefficient (Wildman–Crippen LogP) is 8.72. The first-order chi connectivity index (χ1) is 15.3. The van der Waals surface area contributed by atoms with Crippen molar-refractivity contribution in [3.63, 3.8) is 0 Å². The molecule has 2 unspecified atom stereocenters. The third kappa shape index (κ3) is 4.04. The summed E-state index contributed by atoms with van der Waals surface area (Å²) < 4.78 is 0. The second kappa shape index (κ2) is 9.08. The van der Waals surface area contributed by atoms with Gasteiger partial charge >= 0.3 is 0 Å². The number of nitrogens with zero attached hydrogens (tertiary/aromatic N) is 1. The van der Waals surface area contributed by atoms with Gasteiger partial charge in [0.2, 0.25) is 0 Å². The van der Waals surface area contributed by atoms with Crippen LogP contribution in [0.5, 0.6) is 0 Å². The smallest absolute Gasteiger partial charge is 0.0491 e. The number of unbranched alkanes of at least 4 members (excludes halogenated alkanes) is 4. The zero-order valence-electron chi connectivity index (χ0n) is 21.2. The number of benzene rings is 1. The molecule has 1 saturated carbocycles. The van der Waals surface area contributed by atoms with Crippen LogP contribution in [-0.2, 0) is 12.8 Å². The van der Waals surface area contributed by atoms with Crippen LogP contribution in [0, 0.1) is 5.41 Å². The van der Waals surface area contributed by atoms with Crippen molar-refractivity contribution in [2.45, 2.75) is 104 Å². The van der Waals surface area contributed by atoms with E-state index in [1.165, 1.54) is 73.8 Å². The average Bonchev–Trinajstić information content (AvgIpc) is 3.08. The monoisotopic (exact) mass is 429 g/mol. The molecule has 0 radical (unpaired) electrons. The molecule has 1 fully saturated rings. The molecule has 2 aliphatic heterocycles. The fourth-order valence-corrected chi connectivity index (χ4v) is 6.43. The highest BCUT2D eigenvalue weighted by atomic mass is 15.2. The molecule has 0 saturated heterocycles. The van der Waals surface area contributed by atoms with Crippen molar-refractivity contribution in [1.29, 1.82) is 0 Å². The van der Waals surface area contributed by atoms with Crippen LogP contribution in [0.15, 0.2) is 54.3 Å². The van der Waals surface area contributed by atoms with Crippen molar-refractivity contribution in [1.82, 2.24) is 4.90 Å². The first kappa shape index (κ1) is 23.1. The standard InChI is InChI=1S/C31H43N/c1-8-10-11-12-13-14-24-19-26-25-15-16-31(6,7)30(25)32-20-28(21(3)4)22(5)17-29(32)27(26)18-23(24)9-2/h17-20,25,30H,3,5,8-16H2,1-2,4,6-7H3. The fourth-order valence-electron chi connectivity index (χ4n) is 6.43. The molecule has 3 aliphatic rings. The maximum absolute atomic E-state index is 4.40. The Labute approximate surface area is 197 Å². The number of fused-ring (bicyclic) bond motifs is 6. The van der Waals surface area contributed by atoms with Crippen LogP contribution < -0.4 is 0 Å². The van der Waals surface area contributed by atoms with Gasteiger partial charge in [-0.15, -0.1) is 0 Å². The number of hydrogen-bond acceptors (Lipinski definition) is 1. The summed E-state index contributed by atoms with van der Waals surface area (Å²) in [6, 6.07) is 5.66. The van der Waals surface area contributed by atoms with Crippen LogP contribution in [-0.4, -0.2) is 10.9 Å². The highest BCUT2D eigenvalue weighted by molar-refractivity contribution is 5.78. The summed E-state index contributed by atoms with van der Waals surface area (Å²) in [5, 5.41) is 0. The lowest BCUT2D eigenvalue weighted by Gasteiger charge is -2.48. The van der Waals surface area contributed by atoms with Gasteiger partial charge < -0.3 is 4.90 Å². The van der Waals surface area contributed by atoms with Crippen LogP contribution in [0.1, 0.15) is 108 Å². The van der Waals surface area contributed by atoms with Gasteiger partial charge in [0.05, 0.1) is 0 Å². The van der Waals surface area contributed by atoms with Gasteiger partial charge in [0.25, 0.3) is 0 Å². The third-order valence-corrected chi connectivity index (χ3v) is 8.22. The molecule has 1 aromatic carbocycles. The average molecular weight is 430 g/mol. The van der Waals surface area contributed by atoms with Crippen molar-refractivity contribution < 1.29 is 0 Å². The van der Waals surface area contributed by atoms with E-state index in [-0.39, 0.29) is 0 Å². The fraction of sp³-hybridized carbons (Fsp3) is 0.548. The topological polar surface area (TPSA) is 3.24 Å². The molecule has 0 aromatic heterocycles. The maximum atomic E-state index is 4.40. The van der Waals surface area contributed by atoms with Gasteiger partial charge in [0, 0.05) is 29.4 Å². The van der Waals surface area contributed by atoms with E-state index in [1.54, 1.807) is 11.1 Å². The molecule has 0 bridgehead atoms. The Bertz CT molecular complexity index is 970. The molecule has 4 rings (SSSR count). The summed E-state index contributed by atoms with van der Waals surface area (Å²) in [7, 11) is 0. The summed E-state index contributed by atoms with van der Waals surface area (Å²) in [6.45, 7) is 20.3. The van der Waals surface area contributed by atoms with Gasteiger partial charge in [0.15, 0.2) is 0 Å². The van der Waals surface area contributed by atoms with Crippen LogP contribution in [0.4, 0.5) is 0 Å². The van der Waals surface area contributed by atoms with Crippen LogP contribution in [0.25, 0.3) is 5.70 Å². The second-order valence-corrected chi connectivity index (χ2v) is 11.1. The van der Waals surface area contributed by atoms with E-state index in [4.69, 9.17) is 0 Å². The maximum Gasteiger partial charge on any atom is 0.0491 e.